The first-order valence-electron chi connectivity index (χ1n) is 3.06. The maximum atomic E-state index is 9.00. The third-order valence-electron chi connectivity index (χ3n) is 0.547. The van der Waals surface area contributed by atoms with Crippen LogP contribution in [0.15, 0.2) is 0 Å². The summed E-state index contributed by atoms with van der Waals surface area (Å²) in [5.74, 6) is -0.833. The summed E-state index contributed by atoms with van der Waals surface area (Å²) >= 11 is 0. The van der Waals surface area contributed by atoms with Crippen molar-refractivity contribution >= 4 is 5.97 Å². The molecule has 0 rings (SSSR count). The van der Waals surface area contributed by atoms with Crippen LogP contribution in [-0.4, -0.2) is 27.6 Å². The number of carboxylic acids is 1. The zero-order chi connectivity index (χ0) is 8.57. The Balaban J connectivity index is -0.000000114. The molecule has 0 amide bonds. The van der Waals surface area contributed by atoms with Gasteiger partial charge in [0.25, 0.3) is 5.97 Å². The number of aliphatic hydroxyl groups is 2. The van der Waals surface area contributed by atoms with E-state index in [9.17, 15) is 0 Å². The maximum Gasteiger partial charge on any atom is 0.300 e. The first-order valence-corrected chi connectivity index (χ1v) is 3.06. The summed E-state index contributed by atoms with van der Waals surface area (Å²) in [5.41, 5.74) is 0. The average molecular weight is 214 g/mol. The number of hydrogen-bond donors (Lipinski definition) is 3. The smallest absolute Gasteiger partial charge is 0.300 e. The van der Waals surface area contributed by atoms with E-state index in [2.05, 4.69) is 0 Å². The van der Waals surface area contributed by atoms with Gasteiger partial charge in [-0.1, -0.05) is 13.3 Å². The Labute approximate surface area is 76.7 Å². The van der Waals surface area contributed by atoms with Gasteiger partial charge in [0, 0.05) is 24.0 Å². The summed E-state index contributed by atoms with van der Waals surface area (Å²) in [5, 5.41) is 23.6. The molecule has 0 aliphatic carbocycles. The molecule has 0 atom stereocenters. The molecule has 3 N–H and O–H groups in total. The molecule has 0 unspecified atom stereocenters. The van der Waals surface area contributed by atoms with Crippen LogP contribution in [0.1, 0.15) is 26.7 Å². The fourth-order valence-electron chi connectivity index (χ4n) is 0.258. The maximum absolute atomic E-state index is 9.00. The normalized spacial score (nSPS) is 7.73. The largest absolute Gasteiger partial charge is 0.481 e. The minimum absolute atomic E-state index is 0. The molecule has 0 aromatic rings. The third-order valence-corrected chi connectivity index (χ3v) is 0.547. The Morgan fingerprint density at radius 2 is 1.73 bits per heavy atom. The molecule has 0 aliphatic heterocycles. The van der Waals surface area contributed by atoms with Gasteiger partial charge >= 0.3 is 0 Å². The minimum atomic E-state index is -1.10. The monoisotopic (exact) mass is 213 g/mol. The van der Waals surface area contributed by atoms with Crippen LogP contribution in [0.5, 0.6) is 0 Å². The number of aliphatic carboxylic acids is 1. The topological polar surface area (TPSA) is 77.8 Å². The molecule has 11 heavy (non-hydrogen) atoms. The van der Waals surface area contributed by atoms with Crippen molar-refractivity contribution in [3.05, 3.63) is 0 Å². The van der Waals surface area contributed by atoms with Crippen molar-refractivity contribution < 1.29 is 37.2 Å². The zero-order valence-electron chi connectivity index (χ0n) is 6.54. The quantitative estimate of drug-likeness (QED) is 0.452. The SMILES string of the molecule is CC(=O)O.CCCC(O)O.[Cu]. The standard InChI is InChI=1S/C4H10O2.C2H4O2.Cu/c1-2-3-4(5)6;1-2(3)4;/h4-6H,2-3H2,1H3;1H3,(H,3,4);. The predicted molar refractivity (Wildman–Crippen MR) is 36.4 cm³/mol. The number of carboxylic acid groups (broad SMARTS) is 1. The fourth-order valence-corrected chi connectivity index (χ4v) is 0.258. The summed E-state index contributed by atoms with van der Waals surface area (Å²) in [7, 11) is 0. The first kappa shape index (κ1) is 17.1. The van der Waals surface area contributed by atoms with E-state index in [1.54, 1.807) is 0 Å². The van der Waals surface area contributed by atoms with Gasteiger partial charge in [-0.15, -0.1) is 0 Å². The van der Waals surface area contributed by atoms with Crippen molar-refractivity contribution in [1.82, 2.24) is 0 Å². The van der Waals surface area contributed by atoms with Gasteiger partial charge < -0.3 is 15.3 Å². The summed E-state index contributed by atoms with van der Waals surface area (Å²) in [6.45, 7) is 2.99. The molecule has 0 heterocycles. The van der Waals surface area contributed by atoms with E-state index < -0.39 is 12.3 Å². The number of rotatable bonds is 2. The molecule has 0 spiro atoms. The van der Waals surface area contributed by atoms with Crippen LogP contribution in [0, 0.1) is 0 Å². The average Bonchev–Trinajstić information content (AvgIpc) is 1.62. The second-order valence-corrected chi connectivity index (χ2v) is 1.79. The molecule has 0 aromatic carbocycles. The molecule has 0 bridgehead atoms. The van der Waals surface area contributed by atoms with Crippen LogP contribution < -0.4 is 0 Å². The summed E-state index contributed by atoms with van der Waals surface area (Å²) in [6.07, 6.45) is 0.215. The zero-order valence-corrected chi connectivity index (χ0v) is 7.48. The van der Waals surface area contributed by atoms with Crippen molar-refractivity contribution in [2.24, 2.45) is 0 Å². The molecule has 0 aliphatic rings. The van der Waals surface area contributed by atoms with Crippen LogP contribution in [0.2, 0.25) is 0 Å². The van der Waals surface area contributed by atoms with E-state index >= 15 is 0 Å². The molecular weight excluding hydrogens is 200 g/mol. The molecule has 4 nitrogen and oxygen atoms in total. The molecule has 0 fully saturated rings. The van der Waals surface area contributed by atoms with Gasteiger partial charge in [0.1, 0.15) is 0 Å². The number of hydrogen-bond acceptors (Lipinski definition) is 3. The van der Waals surface area contributed by atoms with E-state index in [1.807, 2.05) is 6.92 Å². The van der Waals surface area contributed by atoms with Crippen LogP contribution in [0.3, 0.4) is 0 Å². The van der Waals surface area contributed by atoms with Gasteiger partial charge in [-0.05, 0) is 6.42 Å². The third kappa shape index (κ3) is 73.2. The molecule has 0 saturated heterocycles. The first-order chi connectivity index (χ1) is 4.50. The van der Waals surface area contributed by atoms with Gasteiger partial charge in [-0.3, -0.25) is 4.79 Å². The fraction of sp³-hybridized carbons (Fsp3) is 0.833. The number of aliphatic hydroxyl groups excluding tert-OH is 1. The van der Waals surface area contributed by atoms with Gasteiger partial charge in [-0.25, -0.2) is 0 Å². The second kappa shape index (κ2) is 12.6. The van der Waals surface area contributed by atoms with Gasteiger partial charge in [-0.2, -0.15) is 0 Å². The Morgan fingerprint density at radius 1 is 1.45 bits per heavy atom. The summed E-state index contributed by atoms with van der Waals surface area (Å²) in [4.78, 5) is 9.00. The van der Waals surface area contributed by atoms with Crippen molar-refractivity contribution in [3.63, 3.8) is 0 Å². The van der Waals surface area contributed by atoms with Crippen LogP contribution in [0.4, 0.5) is 0 Å². The van der Waals surface area contributed by atoms with Crippen molar-refractivity contribution in [1.29, 1.82) is 0 Å². The summed E-state index contributed by atoms with van der Waals surface area (Å²) in [6, 6.07) is 0. The van der Waals surface area contributed by atoms with Gasteiger partial charge in [0.05, 0.1) is 0 Å². The van der Waals surface area contributed by atoms with E-state index in [0.29, 0.717) is 6.42 Å². The van der Waals surface area contributed by atoms with Crippen LogP contribution >= 0.6 is 0 Å². The van der Waals surface area contributed by atoms with E-state index in [0.717, 1.165) is 13.3 Å². The van der Waals surface area contributed by atoms with E-state index in [4.69, 9.17) is 20.1 Å². The Bertz CT molecular complexity index is 80.7. The number of carbonyl (C=O) groups is 1. The molecule has 0 aromatic heterocycles. The Kier molecular flexibility index (Phi) is 19.6. The second-order valence-electron chi connectivity index (χ2n) is 1.79. The van der Waals surface area contributed by atoms with Gasteiger partial charge in [0.2, 0.25) is 0 Å². The Hall–Kier alpha value is -0.0905. The van der Waals surface area contributed by atoms with Crippen LogP contribution in [0.25, 0.3) is 0 Å². The van der Waals surface area contributed by atoms with E-state index in [1.165, 1.54) is 0 Å². The van der Waals surface area contributed by atoms with Gasteiger partial charge in [0.15, 0.2) is 6.29 Å². The van der Waals surface area contributed by atoms with Crippen LogP contribution in [-0.2, 0) is 21.9 Å². The molecule has 5 heteroatoms. The molecule has 73 valence electrons. The van der Waals surface area contributed by atoms with Crippen molar-refractivity contribution in [2.75, 3.05) is 0 Å². The molecular formula is C6H14CuO4. The van der Waals surface area contributed by atoms with Crippen molar-refractivity contribution in [2.45, 2.75) is 33.0 Å². The molecule has 0 saturated carbocycles. The van der Waals surface area contributed by atoms with E-state index in [-0.39, 0.29) is 17.1 Å². The predicted octanol–water partition coefficient (Wildman–Crippen LogP) is 0.186. The Morgan fingerprint density at radius 3 is 1.73 bits per heavy atom. The summed E-state index contributed by atoms with van der Waals surface area (Å²) < 4.78 is 0. The minimum Gasteiger partial charge on any atom is -0.481 e. The molecule has 1 radical (unpaired) electrons. The van der Waals surface area contributed by atoms with Crippen molar-refractivity contribution in [3.8, 4) is 0 Å².